The second kappa shape index (κ2) is 5.91. The van der Waals surface area contributed by atoms with Gasteiger partial charge in [-0.1, -0.05) is 45.8 Å². The van der Waals surface area contributed by atoms with Gasteiger partial charge in [0.1, 0.15) is 10.0 Å². The summed E-state index contributed by atoms with van der Waals surface area (Å²) in [5.74, 6) is 0. The first-order chi connectivity index (χ1) is 8.19. The van der Waals surface area contributed by atoms with Crippen molar-refractivity contribution in [3.8, 4) is 10.6 Å². The lowest BCUT2D eigenvalue weighted by atomic mass is 10.2. The molecule has 2 rings (SSSR count). The Balaban J connectivity index is 2.24. The number of hydrogen-bond donors (Lipinski definition) is 1. The summed E-state index contributed by atoms with van der Waals surface area (Å²) in [6.07, 6.45) is 0. The zero-order chi connectivity index (χ0) is 12.3. The fourth-order valence-electron chi connectivity index (χ4n) is 1.35. The van der Waals surface area contributed by atoms with Gasteiger partial charge >= 0.3 is 0 Å². The molecule has 90 valence electrons. The lowest BCUT2D eigenvalue weighted by Gasteiger charge is -1.98. The summed E-state index contributed by atoms with van der Waals surface area (Å²) in [7, 11) is 0. The van der Waals surface area contributed by atoms with Gasteiger partial charge in [0.15, 0.2) is 0 Å². The minimum atomic E-state index is 0.692. The van der Waals surface area contributed by atoms with Crippen molar-refractivity contribution in [2.45, 2.75) is 13.5 Å². The number of halogens is 2. The first-order valence-corrected chi connectivity index (χ1v) is 7.17. The molecule has 1 aromatic heterocycles. The normalized spacial score (nSPS) is 10.8. The molecule has 0 aliphatic carbocycles. The van der Waals surface area contributed by atoms with Gasteiger partial charge in [0.25, 0.3) is 0 Å². The molecule has 0 aliphatic heterocycles. The van der Waals surface area contributed by atoms with Gasteiger partial charge in [-0.15, -0.1) is 10.2 Å². The molecule has 0 aliphatic rings. The Morgan fingerprint density at radius 1 is 1.35 bits per heavy atom. The molecule has 0 unspecified atom stereocenters. The summed E-state index contributed by atoms with van der Waals surface area (Å²) in [6, 6.07) is 5.74. The quantitative estimate of drug-likeness (QED) is 0.927. The predicted octanol–water partition coefficient (Wildman–Crippen LogP) is 3.73. The van der Waals surface area contributed by atoms with Crippen molar-refractivity contribution in [1.82, 2.24) is 15.5 Å². The third-order valence-electron chi connectivity index (χ3n) is 2.10. The van der Waals surface area contributed by atoms with E-state index in [0.717, 1.165) is 33.1 Å². The van der Waals surface area contributed by atoms with E-state index in [4.69, 9.17) is 11.6 Å². The van der Waals surface area contributed by atoms with E-state index in [0.29, 0.717) is 5.02 Å². The average molecular weight is 333 g/mol. The third kappa shape index (κ3) is 3.48. The van der Waals surface area contributed by atoms with Crippen molar-refractivity contribution in [2.75, 3.05) is 6.54 Å². The zero-order valence-electron chi connectivity index (χ0n) is 9.20. The third-order valence-corrected chi connectivity index (χ3v) is 3.75. The molecule has 0 atom stereocenters. The van der Waals surface area contributed by atoms with Gasteiger partial charge in [0.2, 0.25) is 0 Å². The van der Waals surface area contributed by atoms with Crippen LogP contribution in [-0.2, 0) is 6.54 Å². The smallest absolute Gasteiger partial charge is 0.147 e. The summed E-state index contributed by atoms with van der Waals surface area (Å²) in [6.45, 7) is 3.75. The molecule has 17 heavy (non-hydrogen) atoms. The highest BCUT2D eigenvalue weighted by Crippen LogP contribution is 2.29. The van der Waals surface area contributed by atoms with Crippen LogP contribution in [0.4, 0.5) is 0 Å². The molecule has 0 bridgehead atoms. The Hall–Kier alpha value is -0.490. The van der Waals surface area contributed by atoms with Gasteiger partial charge in [0.05, 0.1) is 0 Å². The summed E-state index contributed by atoms with van der Waals surface area (Å²) >= 11 is 11.0. The molecule has 1 heterocycles. The van der Waals surface area contributed by atoms with Crippen LogP contribution >= 0.6 is 38.9 Å². The van der Waals surface area contributed by atoms with E-state index in [2.05, 4.69) is 38.4 Å². The fraction of sp³-hybridized carbons (Fsp3) is 0.273. The summed E-state index contributed by atoms with van der Waals surface area (Å²) in [5.41, 5.74) is 0.990. The van der Waals surface area contributed by atoms with Crippen molar-refractivity contribution < 1.29 is 0 Å². The van der Waals surface area contributed by atoms with Crippen LogP contribution in [0.5, 0.6) is 0 Å². The van der Waals surface area contributed by atoms with E-state index >= 15 is 0 Å². The summed E-state index contributed by atoms with van der Waals surface area (Å²) in [5, 5.41) is 14.1. The first-order valence-electron chi connectivity index (χ1n) is 5.18. The minimum absolute atomic E-state index is 0.692. The molecule has 0 spiro atoms. The molecule has 0 saturated carbocycles. The lowest BCUT2D eigenvalue weighted by Crippen LogP contribution is -2.11. The summed E-state index contributed by atoms with van der Waals surface area (Å²) in [4.78, 5) is 0. The number of nitrogens with one attached hydrogen (secondary N) is 1. The van der Waals surface area contributed by atoms with E-state index in [1.807, 2.05) is 18.2 Å². The molecule has 1 aromatic carbocycles. The van der Waals surface area contributed by atoms with Crippen molar-refractivity contribution in [1.29, 1.82) is 0 Å². The van der Waals surface area contributed by atoms with Gasteiger partial charge in [-0.3, -0.25) is 0 Å². The molecular formula is C11H11BrClN3S. The molecule has 0 amide bonds. The number of benzene rings is 1. The van der Waals surface area contributed by atoms with Crippen LogP contribution in [0.25, 0.3) is 10.6 Å². The Bertz CT molecular complexity index is 495. The molecular weight excluding hydrogens is 322 g/mol. The van der Waals surface area contributed by atoms with Crippen molar-refractivity contribution in [3.05, 3.63) is 32.7 Å². The van der Waals surface area contributed by atoms with Crippen LogP contribution in [0.1, 0.15) is 11.9 Å². The van der Waals surface area contributed by atoms with Crippen LogP contribution in [0.2, 0.25) is 5.02 Å². The molecule has 0 fully saturated rings. The van der Waals surface area contributed by atoms with Crippen LogP contribution in [0.3, 0.4) is 0 Å². The monoisotopic (exact) mass is 331 g/mol. The van der Waals surface area contributed by atoms with Gasteiger partial charge in [0, 0.05) is 21.6 Å². The molecule has 3 nitrogen and oxygen atoms in total. The van der Waals surface area contributed by atoms with Crippen LogP contribution in [0.15, 0.2) is 22.7 Å². The number of rotatable bonds is 4. The number of aromatic nitrogens is 2. The van der Waals surface area contributed by atoms with Crippen LogP contribution < -0.4 is 5.32 Å². The number of hydrogen-bond acceptors (Lipinski definition) is 4. The first kappa shape index (κ1) is 13.0. The van der Waals surface area contributed by atoms with E-state index in [1.54, 1.807) is 11.3 Å². The van der Waals surface area contributed by atoms with Crippen molar-refractivity contribution in [3.63, 3.8) is 0 Å². The largest absolute Gasteiger partial charge is 0.311 e. The van der Waals surface area contributed by atoms with E-state index in [9.17, 15) is 0 Å². The Morgan fingerprint density at radius 3 is 2.88 bits per heavy atom. The van der Waals surface area contributed by atoms with Crippen molar-refractivity contribution >= 4 is 38.9 Å². The summed E-state index contributed by atoms with van der Waals surface area (Å²) < 4.78 is 0.948. The molecule has 2 aromatic rings. The number of nitrogens with zero attached hydrogens (tertiary/aromatic N) is 2. The Morgan fingerprint density at radius 2 is 2.18 bits per heavy atom. The Labute approximate surface area is 117 Å². The minimum Gasteiger partial charge on any atom is -0.311 e. The van der Waals surface area contributed by atoms with Crippen LogP contribution in [-0.4, -0.2) is 16.7 Å². The Kier molecular flexibility index (Phi) is 4.50. The molecule has 6 heteroatoms. The second-order valence-corrected chi connectivity index (χ2v) is 5.85. The maximum atomic E-state index is 6.00. The highest BCUT2D eigenvalue weighted by Gasteiger charge is 2.07. The maximum Gasteiger partial charge on any atom is 0.147 e. The molecule has 0 radical (unpaired) electrons. The average Bonchev–Trinajstić information content (AvgIpc) is 2.73. The van der Waals surface area contributed by atoms with E-state index in [1.165, 1.54) is 0 Å². The standard InChI is InChI=1S/C11H11BrClN3S/c1-2-14-6-10-15-16-11(17-10)7-3-8(12)5-9(13)4-7/h3-5,14H,2,6H2,1H3. The van der Waals surface area contributed by atoms with Gasteiger partial charge < -0.3 is 5.32 Å². The fourth-order valence-corrected chi connectivity index (χ4v) is 3.01. The van der Waals surface area contributed by atoms with E-state index in [-0.39, 0.29) is 0 Å². The highest BCUT2D eigenvalue weighted by atomic mass is 79.9. The molecule has 1 N–H and O–H groups in total. The predicted molar refractivity (Wildman–Crippen MR) is 75.4 cm³/mol. The lowest BCUT2D eigenvalue weighted by molar-refractivity contribution is 0.715. The van der Waals surface area contributed by atoms with Gasteiger partial charge in [-0.25, -0.2) is 0 Å². The van der Waals surface area contributed by atoms with Gasteiger partial charge in [-0.2, -0.15) is 0 Å². The van der Waals surface area contributed by atoms with E-state index < -0.39 is 0 Å². The van der Waals surface area contributed by atoms with Crippen molar-refractivity contribution in [2.24, 2.45) is 0 Å². The highest BCUT2D eigenvalue weighted by molar-refractivity contribution is 9.10. The topological polar surface area (TPSA) is 37.8 Å². The molecule has 0 saturated heterocycles. The van der Waals surface area contributed by atoms with Crippen LogP contribution in [0, 0.1) is 0 Å². The second-order valence-electron chi connectivity index (χ2n) is 3.44. The zero-order valence-corrected chi connectivity index (χ0v) is 12.4. The maximum absolute atomic E-state index is 6.00. The van der Waals surface area contributed by atoms with Gasteiger partial charge in [-0.05, 0) is 24.7 Å². The SMILES string of the molecule is CCNCc1nnc(-c2cc(Cl)cc(Br)c2)s1.